The standard InChI is InChI=1S/C48H32N2/c1-3-11-33(12-4-1)35-18-22-37(23-19-35)47-41-15-7-8-16-42(41)48(38-24-20-36(21-25-38)34-13-5-2-6-14-34)44-31-39(26-28-43(44)47)46-29-27-40(32-50-46)45-17-9-10-30-49-45/h1-32H. The topological polar surface area (TPSA) is 25.8 Å². The minimum absolute atomic E-state index is 0.917. The molecule has 9 aromatic rings. The van der Waals surface area contributed by atoms with Gasteiger partial charge in [-0.3, -0.25) is 9.97 Å². The minimum atomic E-state index is 0.917. The van der Waals surface area contributed by atoms with Crippen LogP contribution < -0.4 is 0 Å². The van der Waals surface area contributed by atoms with Crippen molar-refractivity contribution in [3.63, 3.8) is 0 Å². The molecule has 0 unspecified atom stereocenters. The largest absolute Gasteiger partial charge is 0.256 e. The van der Waals surface area contributed by atoms with Crippen molar-refractivity contribution in [3.05, 3.63) is 194 Å². The molecule has 2 nitrogen and oxygen atoms in total. The molecule has 2 aromatic heterocycles. The summed E-state index contributed by atoms with van der Waals surface area (Å²) in [5.41, 5.74) is 13.6. The number of nitrogens with zero attached hydrogens (tertiary/aromatic N) is 2. The van der Waals surface area contributed by atoms with Gasteiger partial charge in [0.05, 0.1) is 11.4 Å². The maximum atomic E-state index is 4.92. The number of aromatic nitrogens is 2. The summed E-state index contributed by atoms with van der Waals surface area (Å²) in [7, 11) is 0. The smallest absolute Gasteiger partial charge is 0.0717 e. The van der Waals surface area contributed by atoms with Gasteiger partial charge in [0.2, 0.25) is 0 Å². The molecule has 234 valence electrons. The number of rotatable bonds is 6. The second kappa shape index (κ2) is 12.8. The van der Waals surface area contributed by atoms with Crippen LogP contribution in [0.25, 0.3) is 88.6 Å². The van der Waals surface area contributed by atoms with Crippen LogP contribution in [0.4, 0.5) is 0 Å². The summed E-state index contributed by atoms with van der Waals surface area (Å²) >= 11 is 0. The molecule has 0 atom stereocenters. The highest BCUT2D eigenvalue weighted by Crippen LogP contribution is 2.45. The summed E-state index contributed by atoms with van der Waals surface area (Å²) in [5, 5.41) is 4.88. The van der Waals surface area contributed by atoms with Crippen LogP contribution in [0.15, 0.2) is 194 Å². The van der Waals surface area contributed by atoms with Crippen LogP contribution in [0.5, 0.6) is 0 Å². The van der Waals surface area contributed by atoms with Crippen LogP contribution in [0.3, 0.4) is 0 Å². The van der Waals surface area contributed by atoms with E-state index in [2.05, 4.69) is 169 Å². The van der Waals surface area contributed by atoms with E-state index in [9.17, 15) is 0 Å². The van der Waals surface area contributed by atoms with Gasteiger partial charge in [-0.1, -0.05) is 152 Å². The SMILES string of the molecule is c1ccc(-c2ccc(-c3c4ccccc4c(-c4ccc(-c5ccccc5)cc4)c4cc(-c5ccc(-c6ccccn6)cn5)ccc34)cc2)cc1. The summed E-state index contributed by atoms with van der Waals surface area (Å²) in [4.78, 5) is 9.43. The number of hydrogen-bond acceptors (Lipinski definition) is 2. The van der Waals surface area contributed by atoms with Gasteiger partial charge in [-0.15, -0.1) is 0 Å². The Labute approximate surface area is 292 Å². The Bertz CT molecular complexity index is 2580. The summed E-state index contributed by atoms with van der Waals surface area (Å²) < 4.78 is 0. The molecule has 0 aliphatic heterocycles. The third-order valence-corrected chi connectivity index (χ3v) is 9.61. The highest BCUT2D eigenvalue weighted by Gasteiger charge is 2.18. The molecule has 0 N–H and O–H groups in total. The second-order valence-corrected chi connectivity index (χ2v) is 12.6. The Morgan fingerprint density at radius 1 is 0.260 bits per heavy atom. The van der Waals surface area contributed by atoms with Gasteiger partial charge < -0.3 is 0 Å². The Morgan fingerprint density at radius 3 is 1.24 bits per heavy atom. The van der Waals surface area contributed by atoms with E-state index in [1.807, 2.05) is 30.6 Å². The van der Waals surface area contributed by atoms with E-state index in [1.54, 1.807) is 0 Å². The molecule has 0 bridgehead atoms. The number of fused-ring (bicyclic) bond motifs is 2. The van der Waals surface area contributed by atoms with Crippen molar-refractivity contribution in [2.75, 3.05) is 0 Å². The van der Waals surface area contributed by atoms with Crippen molar-refractivity contribution in [2.45, 2.75) is 0 Å². The van der Waals surface area contributed by atoms with Crippen LogP contribution >= 0.6 is 0 Å². The fourth-order valence-corrected chi connectivity index (χ4v) is 7.13. The molecular weight excluding hydrogens is 605 g/mol. The van der Waals surface area contributed by atoms with E-state index >= 15 is 0 Å². The first-order valence-electron chi connectivity index (χ1n) is 17.0. The van der Waals surface area contributed by atoms with Gasteiger partial charge in [0.1, 0.15) is 0 Å². The Hall–Kier alpha value is -6.64. The molecule has 7 aromatic carbocycles. The Balaban J connectivity index is 1.25. The molecule has 0 aliphatic rings. The molecule has 2 heteroatoms. The van der Waals surface area contributed by atoms with Crippen molar-refractivity contribution < 1.29 is 0 Å². The first-order chi connectivity index (χ1) is 24.8. The maximum Gasteiger partial charge on any atom is 0.0717 e. The third kappa shape index (κ3) is 5.43. The van der Waals surface area contributed by atoms with Crippen LogP contribution in [-0.4, -0.2) is 9.97 Å². The molecule has 9 rings (SSSR count). The number of hydrogen-bond donors (Lipinski definition) is 0. The predicted molar refractivity (Wildman–Crippen MR) is 210 cm³/mol. The van der Waals surface area contributed by atoms with Gasteiger partial charge in [-0.05, 0) is 96.4 Å². The quantitative estimate of drug-likeness (QED) is 0.170. The average Bonchev–Trinajstić information content (AvgIpc) is 3.21. The predicted octanol–water partition coefficient (Wildman–Crippen LogP) is 12.8. The van der Waals surface area contributed by atoms with Gasteiger partial charge in [0, 0.05) is 23.5 Å². The molecule has 50 heavy (non-hydrogen) atoms. The van der Waals surface area contributed by atoms with E-state index in [1.165, 1.54) is 66.1 Å². The molecule has 2 heterocycles. The first-order valence-corrected chi connectivity index (χ1v) is 17.0. The van der Waals surface area contributed by atoms with E-state index in [-0.39, 0.29) is 0 Å². The van der Waals surface area contributed by atoms with Crippen LogP contribution in [0.2, 0.25) is 0 Å². The van der Waals surface area contributed by atoms with Crippen LogP contribution in [0.1, 0.15) is 0 Å². The van der Waals surface area contributed by atoms with Crippen molar-refractivity contribution in [1.29, 1.82) is 0 Å². The lowest BCUT2D eigenvalue weighted by atomic mass is 9.84. The van der Waals surface area contributed by atoms with Gasteiger partial charge >= 0.3 is 0 Å². The minimum Gasteiger partial charge on any atom is -0.256 e. The lowest BCUT2D eigenvalue weighted by Gasteiger charge is -2.19. The molecule has 0 radical (unpaired) electrons. The third-order valence-electron chi connectivity index (χ3n) is 9.61. The monoisotopic (exact) mass is 636 g/mol. The molecule has 0 aliphatic carbocycles. The van der Waals surface area contributed by atoms with Crippen molar-refractivity contribution in [2.24, 2.45) is 0 Å². The van der Waals surface area contributed by atoms with Gasteiger partial charge in [0.15, 0.2) is 0 Å². The second-order valence-electron chi connectivity index (χ2n) is 12.6. The Kier molecular flexibility index (Phi) is 7.53. The van der Waals surface area contributed by atoms with Gasteiger partial charge in [-0.25, -0.2) is 0 Å². The maximum absolute atomic E-state index is 4.92. The average molecular weight is 637 g/mol. The molecule has 0 spiro atoms. The van der Waals surface area contributed by atoms with Crippen molar-refractivity contribution in [3.8, 4) is 67.0 Å². The summed E-state index contributed by atoms with van der Waals surface area (Å²) in [6.45, 7) is 0. The summed E-state index contributed by atoms with van der Waals surface area (Å²) in [6.07, 6.45) is 3.74. The molecular formula is C48H32N2. The zero-order valence-corrected chi connectivity index (χ0v) is 27.4. The normalized spacial score (nSPS) is 11.2. The van der Waals surface area contributed by atoms with Crippen LogP contribution in [-0.2, 0) is 0 Å². The molecule has 0 saturated carbocycles. The van der Waals surface area contributed by atoms with Crippen molar-refractivity contribution >= 4 is 21.5 Å². The van der Waals surface area contributed by atoms with Crippen LogP contribution in [0, 0.1) is 0 Å². The summed E-state index contributed by atoms with van der Waals surface area (Å²) in [5.74, 6) is 0. The number of pyridine rings is 2. The lowest BCUT2D eigenvalue weighted by Crippen LogP contribution is -1.93. The van der Waals surface area contributed by atoms with E-state index < -0.39 is 0 Å². The van der Waals surface area contributed by atoms with E-state index in [0.717, 1.165) is 22.5 Å². The Morgan fingerprint density at radius 2 is 0.700 bits per heavy atom. The lowest BCUT2D eigenvalue weighted by molar-refractivity contribution is 1.28. The van der Waals surface area contributed by atoms with Gasteiger partial charge in [-0.2, -0.15) is 0 Å². The fourth-order valence-electron chi connectivity index (χ4n) is 7.13. The molecule has 0 saturated heterocycles. The van der Waals surface area contributed by atoms with Gasteiger partial charge in [0.25, 0.3) is 0 Å². The fraction of sp³-hybridized carbons (Fsp3) is 0. The van der Waals surface area contributed by atoms with E-state index in [0.29, 0.717) is 0 Å². The van der Waals surface area contributed by atoms with Crippen molar-refractivity contribution in [1.82, 2.24) is 9.97 Å². The zero-order valence-electron chi connectivity index (χ0n) is 27.4. The molecule has 0 amide bonds. The summed E-state index contributed by atoms with van der Waals surface area (Å²) in [6, 6.07) is 65.0. The zero-order chi connectivity index (χ0) is 33.3. The first kappa shape index (κ1) is 29.5. The van der Waals surface area contributed by atoms with E-state index in [4.69, 9.17) is 4.98 Å². The highest BCUT2D eigenvalue weighted by atomic mass is 14.7. The molecule has 0 fully saturated rings. The highest BCUT2D eigenvalue weighted by molar-refractivity contribution is 6.22. The number of benzene rings is 7.